The standard InChI is InChI=1S/C19H12FNO/c20-14-8-9-18-16(11-14)17(19(22)21-18)10-13-7-6-12-4-2-1-3-5-15(12)13/h1-11H,(H,21,22)/b17-10-. The van der Waals surface area contributed by atoms with Crippen LogP contribution in [0.15, 0.2) is 60.7 Å². The molecule has 1 amide bonds. The van der Waals surface area contributed by atoms with Crippen molar-refractivity contribution in [3.05, 3.63) is 77.6 Å². The summed E-state index contributed by atoms with van der Waals surface area (Å²) in [7, 11) is 0. The van der Waals surface area contributed by atoms with Gasteiger partial charge in [-0.1, -0.05) is 42.5 Å². The number of nitrogens with one attached hydrogen (secondary N) is 1. The maximum atomic E-state index is 13.5. The van der Waals surface area contributed by atoms with Crippen molar-refractivity contribution in [1.29, 1.82) is 0 Å². The van der Waals surface area contributed by atoms with E-state index in [0.29, 0.717) is 16.8 Å². The fourth-order valence-corrected chi connectivity index (χ4v) is 2.82. The molecule has 1 N–H and O–H groups in total. The van der Waals surface area contributed by atoms with Crippen molar-refractivity contribution in [3.8, 4) is 11.1 Å². The van der Waals surface area contributed by atoms with E-state index in [-0.39, 0.29) is 11.7 Å². The van der Waals surface area contributed by atoms with Crippen molar-refractivity contribution >= 4 is 23.2 Å². The van der Waals surface area contributed by atoms with Crippen LogP contribution in [0.5, 0.6) is 0 Å². The molecule has 1 heterocycles. The molecule has 0 saturated heterocycles. The minimum Gasteiger partial charge on any atom is -0.321 e. The summed E-state index contributed by atoms with van der Waals surface area (Å²) in [4.78, 5) is 12.2. The highest BCUT2D eigenvalue weighted by molar-refractivity contribution is 6.35. The molecule has 106 valence electrons. The van der Waals surface area contributed by atoms with Gasteiger partial charge >= 0.3 is 0 Å². The first kappa shape index (κ1) is 12.8. The third-order valence-electron chi connectivity index (χ3n) is 3.89. The number of rotatable bonds is 1. The monoisotopic (exact) mass is 289 g/mol. The number of hydrogen-bond donors (Lipinski definition) is 1. The maximum absolute atomic E-state index is 13.5. The average molecular weight is 289 g/mol. The van der Waals surface area contributed by atoms with Gasteiger partial charge in [0.2, 0.25) is 0 Å². The number of benzene rings is 1. The highest BCUT2D eigenvalue weighted by Gasteiger charge is 2.25. The van der Waals surface area contributed by atoms with Gasteiger partial charge in [-0.15, -0.1) is 0 Å². The van der Waals surface area contributed by atoms with Gasteiger partial charge in [0.1, 0.15) is 5.82 Å². The lowest BCUT2D eigenvalue weighted by Gasteiger charge is -2.00. The van der Waals surface area contributed by atoms with E-state index >= 15 is 0 Å². The Labute approximate surface area is 127 Å². The summed E-state index contributed by atoms with van der Waals surface area (Å²) >= 11 is 0. The first-order chi connectivity index (χ1) is 10.7. The van der Waals surface area contributed by atoms with Crippen LogP contribution in [0.1, 0.15) is 11.1 Å². The van der Waals surface area contributed by atoms with Gasteiger partial charge in [0.25, 0.3) is 5.91 Å². The summed E-state index contributed by atoms with van der Waals surface area (Å²) < 4.78 is 13.5. The first-order valence-electron chi connectivity index (χ1n) is 7.03. The largest absolute Gasteiger partial charge is 0.321 e. The van der Waals surface area contributed by atoms with Crippen LogP contribution in [0, 0.1) is 5.82 Å². The molecule has 3 heteroatoms. The van der Waals surface area contributed by atoms with E-state index in [4.69, 9.17) is 0 Å². The molecule has 0 saturated carbocycles. The number of amides is 1. The normalized spacial score (nSPS) is 15.1. The second-order valence-electron chi connectivity index (χ2n) is 5.27. The zero-order chi connectivity index (χ0) is 15.1. The Morgan fingerprint density at radius 2 is 1.77 bits per heavy atom. The van der Waals surface area contributed by atoms with Gasteiger partial charge in [-0.25, -0.2) is 4.39 Å². The second kappa shape index (κ2) is 4.81. The smallest absolute Gasteiger partial charge is 0.256 e. The van der Waals surface area contributed by atoms with E-state index in [1.807, 2.05) is 48.5 Å². The summed E-state index contributed by atoms with van der Waals surface area (Å²) in [6.07, 6.45) is 1.82. The number of fused-ring (bicyclic) bond motifs is 2. The van der Waals surface area contributed by atoms with Crippen molar-refractivity contribution in [1.82, 2.24) is 0 Å². The number of hydrogen-bond acceptors (Lipinski definition) is 1. The molecule has 1 aromatic carbocycles. The molecule has 0 fully saturated rings. The molecule has 2 nitrogen and oxygen atoms in total. The minimum absolute atomic E-state index is 0.199. The Bertz CT molecular complexity index is 898. The lowest BCUT2D eigenvalue weighted by Crippen LogP contribution is -2.03. The highest BCUT2D eigenvalue weighted by atomic mass is 19.1. The molecule has 1 aliphatic heterocycles. The van der Waals surface area contributed by atoms with Gasteiger partial charge in [0, 0.05) is 16.8 Å². The van der Waals surface area contributed by atoms with Crippen LogP contribution in [0.3, 0.4) is 0 Å². The van der Waals surface area contributed by atoms with Crippen LogP contribution in [0.25, 0.3) is 22.8 Å². The molecule has 22 heavy (non-hydrogen) atoms. The molecule has 0 bridgehead atoms. The van der Waals surface area contributed by atoms with E-state index < -0.39 is 0 Å². The Morgan fingerprint density at radius 1 is 0.909 bits per heavy atom. The van der Waals surface area contributed by atoms with E-state index in [0.717, 1.165) is 16.7 Å². The molecule has 2 aliphatic carbocycles. The predicted molar refractivity (Wildman–Crippen MR) is 86.0 cm³/mol. The van der Waals surface area contributed by atoms with E-state index in [1.165, 1.54) is 12.1 Å². The fraction of sp³-hybridized carbons (Fsp3) is 0. The lowest BCUT2D eigenvalue weighted by atomic mass is 10.0. The van der Waals surface area contributed by atoms with Gasteiger partial charge in [-0.2, -0.15) is 0 Å². The summed E-state index contributed by atoms with van der Waals surface area (Å²) in [5, 5.41) is 2.77. The summed E-state index contributed by atoms with van der Waals surface area (Å²) in [5.74, 6) is -0.546. The van der Waals surface area contributed by atoms with E-state index in [9.17, 15) is 9.18 Å². The van der Waals surface area contributed by atoms with Crippen molar-refractivity contribution in [2.45, 2.75) is 0 Å². The summed E-state index contributed by atoms with van der Waals surface area (Å²) in [5.41, 5.74) is 4.88. The SMILES string of the molecule is O=C1Nc2ccc(F)cc2/C1=C/c1ccc2cccccc1-2. The van der Waals surface area contributed by atoms with E-state index in [2.05, 4.69) is 5.32 Å². The Morgan fingerprint density at radius 3 is 2.68 bits per heavy atom. The molecule has 0 aromatic heterocycles. The zero-order valence-corrected chi connectivity index (χ0v) is 11.6. The van der Waals surface area contributed by atoms with Crippen molar-refractivity contribution < 1.29 is 9.18 Å². The fourth-order valence-electron chi connectivity index (χ4n) is 2.82. The van der Waals surface area contributed by atoms with Crippen LogP contribution >= 0.6 is 0 Å². The summed E-state index contributed by atoms with van der Waals surface area (Å²) in [6.45, 7) is 0. The molecular weight excluding hydrogens is 277 g/mol. The molecular formula is C19H12FNO. The van der Waals surface area contributed by atoms with Gasteiger partial charge in [-0.05, 0) is 41.0 Å². The third-order valence-corrected chi connectivity index (χ3v) is 3.89. The van der Waals surface area contributed by atoms with Crippen LogP contribution in [0.4, 0.5) is 10.1 Å². The average Bonchev–Trinajstić information content (AvgIpc) is 2.91. The second-order valence-corrected chi connectivity index (χ2v) is 5.27. The molecule has 4 rings (SSSR count). The Balaban J connectivity index is 1.87. The van der Waals surface area contributed by atoms with Gasteiger partial charge in [-0.3, -0.25) is 4.79 Å². The van der Waals surface area contributed by atoms with Gasteiger partial charge in [0.05, 0.1) is 0 Å². The predicted octanol–water partition coefficient (Wildman–Crippen LogP) is 4.42. The maximum Gasteiger partial charge on any atom is 0.256 e. The van der Waals surface area contributed by atoms with Crippen LogP contribution in [-0.4, -0.2) is 5.91 Å². The minimum atomic E-state index is -0.347. The first-order valence-corrected chi connectivity index (χ1v) is 7.03. The number of halogens is 1. The van der Waals surface area contributed by atoms with E-state index in [1.54, 1.807) is 6.07 Å². The number of carbonyl (C=O) groups is 1. The molecule has 3 aliphatic rings. The van der Waals surface area contributed by atoms with Crippen LogP contribution in [-0.2, 0) is 4.79 Å². The summed E-state index contributed by atoms with van der Waals surface area (Å²) in [6, 6.07) is 18.3. The molecule has 1 aromatic rings. The molecule has 0 atom stereocenters. The van der Waals surface area contributed by atoms with Gasteiger partial charge < -0.3 is 5.32 Å². The van der Waals surface area contributed by atoms with Gasteiger partial charge in [0.15, 0.2) is 0 Å². The Kier molecular flexibility index (Phi) is 2.79. The number of anilines is 1. The van der Waals surface area contributed by atoms with Crippen LogP contribution in [0.2, 0.25) is 0 Å². The van der Waals surface area contributed by atoms with Crippen molar-refractivity contribution in [2.75, 3.05) is 5.32 Å². The highest BCUT2D eigenvalue weighted by Crippen LogP contribution is 2.36. The Hall–Kier alpha value is -2.94. The number of carbonyl (C=O) groups excluding carboxylic acids is 1. The molecule has 0 unspecified atom stereocenters. The molecule has 0 radical (unpaired) electrons. The van der Waals surface area contributed by atoms with Crippen LogP contribution < -0.4 is 5.32 Å². The van der Waals surface area contributed by atoms with Crippen molar-refractivity contribution in [2.24, 2.45) is 0 Å². The van der Waals surface area contributed by atoms with Crippen molar-refractivity contribution in [3.63, 3.8) is 0 Å². The third kappa shape index (κ3) is 1.99. The topological polar surface area (TPSA) is 29.1 Å². The molecule has 0 spiro atoms. The lowest BCUT2D eigenvalue weighted by molar-refractivity contribution is -0.110. The zero-order valence-electron chi connectivity index (χ0n) is 11.6. The quantitative estimate of drug-likeness (QED) is 0.660.